The molecule has 7 nitrogen and oxygen atoms in total. The van der Waals surface area contributed by atoms with Gasteiger partial charge in [-0.1, -0.05) is 11.6 Å². The van der Waals surface area contributed by atoms with E-state index in [9.17, 15) is 22.4 Å². The molecule has 0 fully saturated rings. The SMILES string of the molecule is C[C@@H](Cn1ccc(-c2cc(F)c(C#N)c(Cl)c2)n1)NC(=O)c1c[nH]c(CC(F)(F)F)n1. The number of aromatic nitrogens is 4. The standard InChI is InChI=1S/C19H15ClF4N6O/c1-10(27-18(31)16-8-26-17(28-16)6-19(22,23)24)9-30-3-2-15(29-30)11-4-13(20)12(7-25)14(21)5-11/h2-5,8,10H,6,9H2,1H3,(H,26,28)(H,27,31)/t10-/m0/s1. The summed E-state index contributed by atoms with van der Waals surface area (Å²) in [6, 6.07) is 5.43. The number of aromatic amines is 1. The summed E-state index contributed by atoms with van der Waals surface area (Å²) in [5.41, 5.74) is 0.381. The lowest BCUT2D eigenvalue weighted by atomic mass is 10.1. The van der Waals surface area contributed by atoms with Gasteiger partial charge in [-0.3, -0.25) is 9.48 Å². The molecule has 0 unspecified atom stereocenters. The molecule has 0 saturated carbocycles. The summed E-state index contributed by atoms with van der Waals surface area (Å²) >= 11 is 5.91. The summed E-state index contributed by atoms with van der Waals surface area (Å²) in [5, 5.41) is 15.8. The fourth-order valence-electron chi connectivity index (χ4n) is 2.83. The van der Waals surface area contributed by atoms with E-state index in [2.05, 4.69) is 20.4 Å². The van der Waals surface area contributed by atoms with Gasteiger partial charge in [-0.25, -0.2) is 9.37 Å². The zero-order chi connectivity index (χ0) is 22.8. The zero-order valence-electron chi connectivity index (χ0n) is 16.0. The minimum absolute atomic E-state index is 0.0309. The predicted molar refractivity (Wildman–Crippen MR) is 103 cm³/mol. The average molecular weight is 455 g/mol. The fraction of sp³-hybridized carbons (Fsp3) is 0.263. The van der Waals surface area contributed by atoms with Gasteiger partial charge in [0, 0.05) is 24.0 Å². The van der Waals surface area contributed by atoms with Crippen LogP contribution in [0.25, 0.3) is 11.3 Å². The van der Waals surface area contributed by atoms with Crippen molar-refractivity contribution in [3.63, 3.8) is 0 Å². The first-order chi connectivity index (χ1) is 14.6. The first-order valence-corrected chi connectivity index (χ1v) is 9.28. The average Bonchev–Trinajstić information content (AvgIpc) is 3.29. The highest BCUT2D eigenvalue weighted by Crippen LogP contribution is 2.26. The van der Waals surface area contributed by atoms with E-state index in [-0.39, 0.29) is 28.6 Å². The van der Waals surface area contributed by atoms with Gasteiger partial charge < -0.3 is 10.3 Å². The number of rotatable bonds is 6. The van der Waals surface area contributed by atoms with Gasteiger partial charge in [0.05, 0.1) is 17.3 Å². The quantitative estimate of drug-likeness (QED) is 0.552. The third kappa shape index (κ3) is 5.61. The number of benzene rings is 1. The zero-order valence-corrected chi connectivity index (χ0v) is 16.7. The topological polar surface area (TPSA) is 99.4 Å². The Bertz CT molecular complexity index is 1120. The van der Waals surface area contributed by atoms with Crippen molar-refractivity contribution in [2.24, 2.45) is 0 Å². The molecule has 3 rings (SSSR count). The van der Waals surface area contributed by atoms with Crippen molar-refractivity contribution < 1.29 is 22.4 Å². The van der Waals surface area contributed by atoms with Crippen LogP contribution in [0.1, 0.15) is 28.8 Å². The molecule has 0 aliphatic carbocycles. The van der Waals surface area contributed by atoms with Gasteiger partial charge in [-0.2, -0.15) is 23.5 Å². The summed E-state index contributed by atoms with van der Waals surface area (Å²) in [6.45, 7) is 1.92. The van der Waals surface area contributed by atoms with Crippen LogP contribution in [0.15, 0.2) is 30.6 Å². The third-order valence-corrected chi connectivity index (χ3v) is 4.46. The first-order valence-electron chi connectivity index (χ1n) is 8.90. The molecule has 162 valence electrons. The van der Waals surface area contributed by atoms with E-state index < -0.39 is 30.4 Å². The Kier molecular flexibility index (Phi) is 6.31. The number of nitrogens with one attached hydrogen (secondary N) is 2. The minimum atomic E-state index is -4.43. The number of nitrogens with zero attached hydrogens (tertiary/aromatic N) is 4. The molecule has 2 heterocycles. The van der Waals surface area contributed by atoms with Gasteiger partial charge in [0.15, 0.2) is 0 Å². The van der Waals surface area contributed by atoms with Gasteiger partial charge in [-0.05, 0) is 25.1 Å². The highest BCUT2D eigenvalue weighted by Gasteiger charge is 2.29. The molecule has 3 aromatic rings. The third-order valence-electron chi connectivity index (χ3n) is 4.16. The first kappa shape index (κ1) is 22.3. The van der Waals surface area contributed by atoms with Crippen LogP contribution in [0.5, 0.6) is 0 Å². The molecular weight excluding hydrogens is 440 g/mol. The van der Waals surface area contributed by atoms with Crippen LogP contribution in [0.4, 0.5) is 17.6 Å². The Morgan fingerprint density at radius 2 is 2.16 bits per heavy atom. The maximum absolute atomic E-state index is 14.0. The summed E-state index contributed by atoms with van der Waals surface area (Å²) in [7, 11) is 0. The van der Waals surface area contributed by atoms with E-state index in [0.717, 1.165) is 12.3 Å². The Labute approximate surface area is 178 Å². The van der Waals surface area contributed by atoms with Crippen LogP contribution in [-0.4, -0.2) is 37.9 Å². The Morgan fingerprint density at radius 3 is 2.81 bits per heavy atom. The number of hydrogen-bond donors (Lipinski definition) is 2. The summed E-state index contributed by atoms with van der Waals surface area (Å²) in [5.74, 6) is -1.75. The summed E-state index contributed by atoms with van der Waals surface area (Å²) in [6.07, 6.45) is -2.97. The largest absolute Gasteiger partial charge is 0.396 e. The maximum atomic E-state index is 14.0. The molecule has 12 heteroatoms. The molecular formula is C19H15ClF4N6O. The molecule has 0 aliphatic rings. The van der Waals surface area contributed by atoms with Gasteiger partial charge in [0.2, 0.25) is 0 Å². The van der Waals surface area contributed by atoms with Crippen molar-refractivity contribution in [3.8, 4) is 17.3 Å². The highest BCUT2D eigenvalue weighted by atomic mass is 35.5. The number of alkyl halides is 3. The highest BCUT2D eigenvalue weighted by molar-refractivity contribution is 6.32. The van der Waals surface area contributed by atoms with Crippen LogP contribution in [0.2, 0.25) is 5.02 Å². The smallest absolute Gasteiger partial charge is 0.348 e. The molecule has 0 aliphatic heterocycles. The number of carbonyl (C=O) groups excluding carboxylic acids is 1. The molecule has 0 radical (unpaired) electrons. The molecule has 0 bridgehead atoms. The Morgan fingerprint density at radius 1 is 1.42 bits per heavy atom. The number of H-pyrrole nitrogens is 1. The van der Waals surface area contributed by atoms with Crippen LogP contribution < -0.4 is 5.32 Å². The normalized spacial score (nSPS) is 12.4. The molecule has 31 heavy (non-hydrogen) atoms. The van der Waals surface area contributed by atoms with Crippen molar-refractivity contribution in [1.82, 2.24) is 25.1 Å². The van der Waals surface area contributed by atoms with E-state index in [4.69, 9.17) is 16.9 Å². The van der Waals surface area contributed by atoms with E-state index >= 15 is 0 Å². The van der Waals surface area contributed by atoms with Crippen molar-refractivity contribution >= 4 is 17.5 Å². The second-order valence-corrected chi connectivity index (χ2v) is 7.16. The van der Waals surface area contributed by atoms with Crippen LogP contribution in [0, 0.1) is 17.1 Å². The molecule has 2 aromatic heterocycles. The monoisotopic (exact) mass is 454 g/mol. The van der Waals surface area contributed by atoms with Gasteiger partial charge in [0.25, 0.3) is 5.91 Å². The van der Waals surface area contributed by atoms with Crippen LogP contribution >= 0.6 is 11.6 Å². The molecule has 1 atom stereocenters. The Balaban J connectivity index is 1.63. The van der Waals surface area contributed by atoms with E-state index in [0.29, 0.717) is 11.3 Å². The van der Waals surface area contributed by atoms with Gasteiger partial charge in [0.1, 0.15) is 35.4 Å². The van der Waals surface area contributed by atoms with Crippen molar-refractivity contribution in [2.45, 2.75) is 32.1 Å². The number of amides is 1. The van der Waals surface area contributed by atoms with Crippen molar-refractivity contribution in [3.05, 3.63) is 58.5 Å². The molecule has 2 N–H and O–H groups in total. The number of imidazole rings is 1. The van der Waals surface area contributed by atoms with E-state index in [1.54, 1.807) is 25.3 Å². The number of nitriles is 1. The van der Waals surface area contributed by atoms with E-state index in [1.807, 2.05) is 0 Å². The number of carbonyl (C=O) groups is 1. The van der Waals surface area contributed by atoms with Crippen molar-refractivity contribution in [1.29, 1.82) is 5.26 Å². The lowest BCUT2D eigenvalue weighted by molar-refractivity contribution is -0.128. The summed E-state index contributed by atoms with van der Waals surface area (Å²) < 4.78 is 52.6. The second kappa shape index (κ2) is 8.77. The number of hydrogen-bond acceptors (Lipinski definition) is 4. The summed E-state index contributed by atoms with van der Waals surface area (Å²) in [4.78, 5) is 18.2. The van der Waals surface area contributed by atoms with Gasteiger partial charge in [-0.15, -0.1) is 0 Å². The minimum Gasteiger partial charge on any atom is -0.348 e. The lowest BCUT2D eigenvalue weighted by Gasteiger charge is -2.13. The number of halogens is 5. The lowest BCUT2D eigenvalue weighted by Crippen LogP contribution is -2.36. The Hall–Kier alpha value is -3.39. The van der Waals surface area contributed by atoms with Crippen LogP contribution in [0.3, 0.4) is 0 Å². The van der Waals surface area contributed by atoms with Crippen LogP contribution in [-0.2, 0) is 13.0 Å². The molecule has 0 spiro atoms. The van der Waals surface area contributed by atoms with E-state index in [1.165, 1.54) is 10.7 Å². The molecule has 1 amide bonds. The second-order valence-electron chi connectivity index (χ2n) is 6.75. The molecule has 1 aromatic carbocycles. The van der Waals surface area contributed by atoms with Gasteiger partial charge >= 0.3 is 6.18 Å². The maximum Gasteiger partial charge on any atom is 0.396 e. The van der Waals surface area contributed by atoms with Crippen molar-refractivity contribution in [2.75, 3.05) is 0 Å². The predicted octanol–water partition coefficient (Wildman–Crippen LogP) is 3.86. The fourth-order valence-corrected chi connectivity index (χ4v) is 3.08. The molecule has 0 saturated heterocycles.